The van der Waals surface area contributed by atoms with Crippen molar-refractivity contribution in [2.24, 2.45) is 0 Å². The highest BCUT2D eigenvalue weighted by Crippen LogP contribution is 2.32. The Labute approximate surface area is 126 Å². The number of nitrogens with one attached hydrogen (secondary N) is 1. The lowest BCUT2D eigenvalue weighted by atomic mass is 10.2. The monoisotopic (exact) mass is 316 g/mol. The van der Waals surface area contributed by atoms with Gasteiger partial charge in [-0.1, -0.05) is 34.8 Å². The number of hydrogen-bond acceptors (Lipinski definition) is 3. The lowest BCUT2D eigenvalue weighted by Gasteiger charge is -2.11. The third-order valence-corrected chi connectivity index (χ3v) is 3.36. The molecule has 0 saturated carbocycles. The zero-order valence-electron chi connectivity index (χ0n) is 10.0. The molecule has 0 radical (unpaired) electrons. The summed E-state index contributed by atoms with van der Waals surface area (Å²) >= 11 is 17.7. The summed E-state index contributed by atoms with van der Waals surface area (Å²) in [6.45, 7) is 2.26. The molecular formula is C13H11Cl3N2O. The molecule has 2 rings (SSSR count). The Morgan fingerprint density at radius 3 is 2.68 bits per heavy atom. The van der Waals surface area contributed by atoms with Crippen molar-refractivity contribution in [2.45, 2.75) is 13.5 Å². The Bertz CT molecular complexity index is 617. The highest BCUT2D eigenvalue weighted by molar-refractivity contribution is 6.35. The van der Waals surface area contributed by atoms with E-state index in [2.05, 4.69) is 10.3 Å². The fraction of sp³-hybridized carbons (Fsp3) is 0.154. The van der Waals surface area contributed by atoms with Crippen LogP contribution in [0.25, 0.3) is 0 Å². The number of aromatic hydroxyl groups is 1. The number of rotatable bonds is 3. The minimum Gasteiger partial charge on any atom is -0.506 e. The zero-order valence-corrected chi connectivity index (χ0v) is 12.3. The van der Waals surface area contributed by atoms with Gasteiger partial charge in [-0.2, -0.15) is 0 Å². The average molecular weight is 318 g/mol. The molecule has 0 bridgehead atoms. The van der Waals surface area contributed by atoms with Crippen molar-refractivity contribution in [2.75, 3.05) is 5.32 Å². The summed E-state index contributed by atoms with van der Waals surface area (Å²) in [5.41, 5.74) is 2.27. The van der Waals surface area contributed by atoms with Gasteiger partial charge in [0, 0.05) is 23.3 Å². The van der Waals surface area contributed by atoms with E-state index in [1.54, 1.807) is 12.3 Å². The number of benzene rings is 1. The number of aryl methyl sites for hydroxylation is 1. The van der Waals surface area contributed by atoms with Gasteiger partial charge in [0.1, 0.15) is 5.75 Å². The molecule has 0 fully saturated rings. The van der Waals surface area contributed by atoms with Gasteiger partial charge in [-0.05, 0) is 30.7 Å². The first kappa shape index (κ1) is 14.3. The van der Waals surface area contributed by atoms with E-state index >= 15 is 0 Å². The Morgan fingerprint density at radius 2 is 1.95 bits per heavy atom. The Kier molecular flexibility index (Phi) is 4.40. The fourth-order valence-corrected chi connectivity index (χ4v) is 2.33. The molecule has 0 aliphatic rings. The van der Waals surface area contributed by atoms with Crippen molar-refractivity contribution in [3.8, 4) is 5.75 Å². The topological polar surface area (TPSA) is 45.2 Å². The molecule has 0 saturated heterocycles. The number of phenols is 1. The van der Waals surface area contributed by atoms with Crippen molar-refractivity contribution >= 4 is 40.5 Å². The SMILES string of the molecule is Cc1cnc(Cl)c(NCc2cc(Cl)cc(Cl)c2O)c1. The molecule has 1 aromatic carbocycles. The van der Waals surface area contributed by atoms with Gasteiger partial charge in [0.25, 0.3) is 0 Å². The normalized spacial score (nSPS) is 10.5. The summed E-state index contributed by atoms with van der Waals surface area (Å²) in [4.78, 5) is 4.04. The van der Waals surface area contributed by atoms with E-state index in [9.17, 15) is 5.11 Å². The van der Waals surface area contributed by atoms with E-state index in [1.807, 2.05) is 13.0 Å². The van der Waals surface area contributed by atoms with Gasteiger partial charge in [-0.25, -0.2) is 4.98 Å². The summed E-state index contributed by atoms with van der Waals surface area (Å²) in [6, 6.07) is 5.01. The van der Waals surface area contributed by atoms with Gasteiger partial charge in [0.15, 0.2) is 5.15 Å². The van der Waals surface area contributed by atoms with Crippen molar-refractivity contribution in [3.63, 3.8) is 0 Å². The van der Waals surface area contributed by atoms with Crippen LogP contribution in [0.5, 0.6) is 5.75 Å². The van der Waals surface area contributed by atoms with Gasteiger partial charge in [0.05, 0.1) is 10.7 Å². The molecule has 0 unspecified atom stereocenters. The number of phenolic OH excluding ortho intramolecular Hbond substituents is 1. The van der Waals surface area contributed by atoms with Gasteiger partial charge < -0.3 is 10.4 Å². The molecule has 3 nitrogen and oxygen atoms in total. The minimum atomic E-state index is 0.00954. The summed E-state index contributed by atoms with van der Waals surface area (Å²) in [7, 11) is 0. The number of pyridine rings is 1. The van der Waals surface area contributed by atoms with Crippen molar-refractivity contribution in [3.05, 3.63) is 50.7 Å². The van der Waals surface area contributed by atoms with Crippen LogP contribution in [0.1, 0.15) is 11.1 Å². The molecule has 100 valence electrons. The average Bonchev–Trinajstić information content (AvgIpc) is 2.35. The minimum absolute atomic E-state index is 0.00954. The van der Waals surface area contributed by atoms with Crippen LogP contribution >= 0.6 is 34.8 Å². The number of anilines is 1. The van der Waals surface area contributed by atoms with Crippen LogP contribution in [0.2, 0.25) is 15.2 Å². The third-order valence-electron chi connectivity index (χ3n) is 2.55. The number of nitrogens with zero attached hydrogens (tertiary/aromatic N) is 1. The molecule has 0 amide bonds. The molecule has 2 aromatic rings. The Balaban J connectivity index is 2.21. The molecule has 6 heteroatoms. The van der Waals surface area contributed by atoms with Crippen LogP contribution in [-0.4, -0.2) is 10.1 Å². The van der Waals surface area contributed by atoms with E-state index in [0.717, 1.165) is 5.56 Å². The lowest BCUT2D eigenvalue weighted by molar-refractivity contribution is 0.469. The summed E-state index contributed by atoms with van der Waals surface area (Å²) < 4.78 is 0. The van der Waals surface area contributed by atoms with Crippen LogP contribution < -0.4 is 5.32 Å². The standard InChI is InChI=1S/C13H11Cl3N2O/c1-7-2-11(13(16)18-5-7)17-6-8-3-9(14)4-10(15)12(8)19/h2-5,17,19H,6H2,1H3. The van der Waals surface area contributed by atoms with Crippen LogP contribution in [0.15, 0.2) is 24.4 Å². The number of hydrogen-bond donors (Lipinski definition) is 2. The van der Waals surface area contributed by atoms with Crippen LogP contribution in [0, 0.1) is 6.92 Å². The van der Waals surface area contributed by atoms with Crippen molar-refractivity contribution in [1.82, 2.24) is 4.98 Å². The van der Waals surface area contributed by atoms with Gasteiger partial charge in [-0.3, -0.25) is 0 Å². The molecular weight excluding hydrogens is 307 g/mol. The Morgan fingerprint density at radius 1 is 1.21 bits per heavy atom. The second-order valence-corrected chi connectivity index (χ2v) is 5.30. The van der Waals surface area contributed by atoms with Crippen LogP contribution in [-0.2, 0) is 6.54 Å². The molecule has 1 aromatic heterocycles. The summed E-state index contributed by atoms with van der Waals surface area (Å²) in [5.74, 6) is 0.00954. The molecule has 2 N–H and O–H groups in total. The van der Waals surface area contributed by atoms with E-state index in [0.29, 0.717) is 28.0 Å². The first-order valence-corrected chi connectivity index (χ1v) is 6.63. The van der Waals surface area contributed by atoms with E-state index in [-0.39, 0.29) is 10.8 Å². The number of halogens is 3. The molecule has 0 aliphatic carbocycles. The highest BCUT2D eigenvalue weighted by Gasteiger charge is 2.09. The van der Waals surface area contributed by atoms with E-state index in [4.69, 9.17) is 34.8 Å². The maximum absolute atomic E-state index is 9.84. The number of aromatic nitrogens is 1. The molecule has 0 atom stereocenters. The molecule has 0 spiro atoms. The predicted octanol–water partition coefficient (Wildman–Crippen LogP) is 4.67. The second kappa shape index (κ2) is 5.87. The predicted molar refractivity (Wildman–Crippen MR) is 79.4 cm³/mol. The fourth-order valence-electron chi connectivity index (χ4n) is 1.62. The van der Waals surface area contributed by atoms with Crippen molar-refractivity contribution < 1.29 is 5.11 Å². The smallest absolute Gasteiger partial charge is 0.152 e. The molecule has 0 aliphatic heterocycles. The second-order valence-electron chi connectivity index (χ2n) is 4.10. The van der Waals surface area contributed by atoms with Crippen LogP contribution in [0.4, 0.5) is 5.69 Å². The summed E-state index contributed by atoms with van der Waals surface area (Å²) in [5, 5.41) is 14.0. The van der Waals surface area contributed by atoms with Gasteiger partial charge >= 0.3 is 0 Å². The van der Waals surface area contributed by atoms with E-state index < -0.39 is 0 Å². The first-order valence-electron chi connectivity index (χ1n) is 5.50. The van der Waals surface area contributed by atoms with Gasteiger partial charge in [-0.15, -0.1) is 0 Å². The van der Waals surface area contributed by atoms with Crippen molar-refractivity contribution in [1.29, 1.82) is 0 Å². The maximum Gasteiger partial charge on any atom is 0.152 e. The largest absolute Gasteiger partial charge is 0.506 e. The molecule has 19 heavy (non-hydrogen) atoms. The van der Waals surface area contributed by atoms with Gasteiger partial charge in [0.2, 0.25) is 0 Å². The summed E-state index contributed by atoms with van der Waals surface area (Å²) in [6.07, 6.45) is 1.68. The first-order chi connectivity index (χ1) is 8.97. The lowest BCUT2D eigenvalue weighted by Crippen LogP contribution is -2.01. The molecule has 1 heterocycles. The Hall–Kier alpha value is -1.16. The van der Waals surface area contributed by atoms with Crippen LogP contribution in [0.3, 0.4) is 0 Å². The third kappa shape index (κ3) is 3.44. The highest BCUT2D eigenvalue weighted by atomic mass is 35.5. The maximum atomic E-state index is 9.84. The zero-order chi connectivity index (χ0) is 14.0. The van der Waals surface area contributed by atoms with E-state index in [1.165, 1.54) is 6.07 Å². The quantitative estimate of drug-likeness (QED) is 0.809.